The zero-order chi connectivity index (χ0) is 12.8. The fraction of sp³-hybridized carbons (Fsp3) is 0.385. The molecule has 0 radical (unpaired) electrons. The van der Waals surface area contributed by atoms with Gasteiger partial charge in [-0.2, -0.15) is 0 Å². The molecule has 0 atom stereocenters. The average molecular weight is 246 g/mol. The molecule has 0 amide bonds. The lowest BCUT2D eigenvalue weighted by atomic mass is 10.2. The fourth-order valence-corrected chi connectivity index (χ4v) is 1.80. The maximum atomic E-state index is 5.25. The summed E-state index contributed by atoms with van der Waals surface area (Å²) in [6, 6.07) is 3.93. The largest absolute Gasteiger partial charge is 0.481 e. The molecule has 0 aliphatic heterocycles. The molecule has 0 aliphatic rings. The van der Waals surface area contributed by atoms with E-state index in [1.165, 1.54) is 0 Å². The van der Waals surface area contributed by atoms with Crippen LogP contribution in [0.15, 0.2) is 30.7 Å². The van der Waals surface area contributed by atoms with E-state index in [1.807, 2.05) is 24.5 Å². The van der Waals surface area contributed by atoms with Gasteiger partial charge in [-0.1, -0.05) is 13.0 Å². The third-order valence-corrected chi connectivity index (χ3v) is 2.72. The van der Waals surface area contributed by atoms with Crippen LogP contribution in [0.2, 0.25) is 0 Å². The number of ether oxygens (including phenoxy) is 1. The minimum atomic E-state index is 0.667. The molecule has 96 valence electrons. The second kappa shape index (κ2) is 6.16. The van der Waals surface area contributed by atoms with Gasteiger partial charge in [-0.25, -0.2) is 9.97 Å². The van der Waals surface area contributed by atoms with Gasteiger partial charge in [0.25, 0.3) is 0 Å². The molecule has 0 saturated carbocycles. The summed E-state index contributed by atoms with van der Waals surface area (Å²) in [5, 5.41) is 3.28. The number of nitrogens with zero attached hydrogens (tertiary/aromatic N) is 3. The minimum absolute atomic E-state index is 0.667. The second-order valence-corrected chi connectivity index (χ2v) is 3.92. The van der Waals surface area contributed by atoms with Crippen molar-refractivity contribution >= 4 is 0 Å². The van der Waals surface area contributed by atoms with E-state index in [1.54, 1.807) is 13.3 Å². The highest BCUT2D eigenvalue weighted by Gasteiger charge is 2.07. The van der Waals surface area contributed by atoms with Crippen molar-refractivity contribution in [1.82, 2.24) is 19.9 Å². The predicted octanol–water partition coefficient (Wildman–Crippen LogP) is 1.44. The first-order valence-electron chi connectivity index (χ1n) is 6.03. The van der Waals surface area contributed by atoms with E-state index in [2.05, 4.69) is 26.8 Å². The second-order valence-electron chi connectivity index (χ2n) is 3.92. The monoisotopic (exact) mass is 246 g/mol. The van der Waals surface area contributed by atoms with Gasteiger partial charge in [-0.05, 0) is 12.6 Å². The molecule has 0 saturated heterocycles. The van der Waals surface area contributed by atoms with Crippen molar-refractivity contribution in [2.24, 2.45) is 0 Å². The SMILES string of the molecule is CCNCc1nccn1Cc1cccnc1OC. The topological polar surface area (TPSA) is 52.0 Å². The van der Waals surface area contributed by atoms with Gasteiger partial charge in [0, 0.05) is 24.2 Å². The van der Waals surface area contributed by atoms with Gasteiger partial charge in [0.05, 0.1) is 20.2 Å². The van der Waals surface area contributed by atoms with Gasteiger partial charge in [0.2, 0.25) is 5.88 Å². The van der Waals surface area contributed by atoms with Crippen LogP contribution in [0.3, 0.4) is 0 Å². The molecular weight excluding hydrogens is 228 g/mol. The average Bonchev–Trinajstić information content (AvgIpc) is 2.84. The van der Waals surface area contributed by atoms with Crippen molar-refractivity contribution in [3.63, 3.8) is 0 Å². The Kier molecular flexibility index (Phi) is 4.30. The molecule has 2 heterocycles. The van der Waals surface area contributed by atoms with Crippen LogP contribution in [0.4, 0.5) is 0 Å². The highest BCUT2D eigenvalue weighted by molar-refractivity contribution is 5.25. The molecule has 0 fully saturated rings. The van der Waals surface area contributed by atoms with Gasteiger partial charge in [-0.3, -0.25) is 0 Å². The first-order chi connectivity index (χ1) is 8.85. The molecule has 2 aromatic rings. The molecule has 18 heavy (non-hydrogen) atoms. The lowest BCUT2D eigenvalue weighted by Crippen LogP contribution is -2.16. The van der Waals surface area contributed by atoms with E-state index in [0.717, 1.165) is 31.0 Å². The third kappa shape index (κ3) is 2.87. The predicted molar refractivity (Wildman–Crippen MR) is 69.5 cm³/mol. The smallest absolute Gasteiger partial charge is 0.218 e. The molecule has 5 heteroatoms. The highest BCUT2D eigenvalue weighted by atomic mass is 16.5. The van der Waals surface area contributed by atoms with Crippen molar-refractivity contribution in [3.05, 3.63) is 42.1 Å². The molecule has 0 bridgehead atoms. The number of hydrogen-bond donors (Lipinski definition) is 1. The first kappa shape index (κ1) is 12.6. The third-order valence-electron chi connectivity index (χ3n) is 2.72. The Morgan fingerprint density at radius 1 is 1.33 bits per heavy atom. The van der Waals surface area contributed by atoms with Crippen LogP contribution < -0.4 is 10.1 Å². The van der Waals surface area contributed by atoms with Crippen LogP contribution in [0.1, 0.15) is 18.3 Å². The number of imidazole rings is 1. The number of hydrogen-bond acceptors (Lipinski definition) is 4. The van der Waals surface area contributed by atoms with Crippen molar-refractivity contribution in [2.45, 2.75) is 20.0 Å². The highest BCUT2D eigenvalue weighted by Crippen LogP contribution is 2.15. The van der Waals surface area contributed by atoms with Crippen LogP contribution in [0, 0.1) is 0 Å². The van der Waals surface area contributed by atoms with E-state index in [4.69, 9.17) is 4.74 Å². The molecule has 5 nitrogen and oxygen atoms in total. The zero-order valence-corrected chi connectivity index (χ0v) is 10.8. The Labute approximate surface area is 107 Å². The van der Waals surface area contributed by atoms with E-state index in [9.17, 15) is 0 Å². The quantitative estimate of drug-likeness (QED) is 0.838. The van der Waals surface area contributed by atoms with Crippen molar-refractivity contribution in [1.29, 1.82) is 0 Å². The Hall–Kier alpha value is -1.88. The van der Waals surface area contributed by atoms with Gasteiger partial charge in [0.1, 0.15) is 5.82 Å². The molecular formula is C13H18N4O. The number of aromatic nitrogens is 3. The molecule has 2 aromatic heterocycles. The lowest BCUT2D eigenvalue weighted by molar-refractivity contribution is 0.391. The van der Waals surface area contributed by atoms with Crippen molar-refractivity contribution in [3.8, 4) is 5.88 Å². The Morgan fingerprint density at radius 3 is 3.00 bits per heavy atom. The number of pyridine rings is 1. The number of methoxy groups -OCH3 is 1. The van der Waals surface area contributed by atoms with E-state index >= 15 is 0 Å². The Morgan fingerprint density at radius 2 is 2.22 bits per heavy atom. The summed E-state index contributed by atoms with van der Waals surface area (Å²) < 4.78 is 7.35. The van der Waals surface area contributed by atoms with Gasteiger partial charge < -0.3 is 14.6 Å². The summed E-state index contributed by atoms with van der Waals surface area (Å²) in [7, 11) is 1.64. The summed E-state index contributed by atoms with van der Waals surface area (Å²) >= 11 is 0. The van der Waals surface area contributed by atoms with E-state index in [-0.39, 0.29) is 0 Å². The van der Waals surface area contributed by atoms with E-state index < -0.39 is 0 Å². The van der Waals surface area contributed by atoms with Crippen LogP contribution in [-0.4, -0.2) is 28.2 Å². The Bertz CT molecular complexity index is 495. The van der Waals surface area contributed by atoms with Gasteiger partial charge in [0.15, 0.2) is 0 Å². The van der Waals surface area contributed by atoms with Crippen molar-refractivity contribution in [2.75, 3.05) is 13.7 Å². The summed E-state index contributed by atoms with van der Waals surface area (Å²) in [5.41, 5.74) is 1.05. The first-order valence-corrected chi connectivity index (χ1v) is 6.03. The fourth-order valence-electron chi connectivity index (χ4n) is 1.80. The van der Waals surface area contributed by atoms with Gasteiger partial charge >= 0.3 is 0 Å². The number of nitrogens with one attached hydrogen (secondary N) is 1. The van der Waals surface area contributed by atoms with Crippen LogP contribution in [0.5, 0.6) is 5.88 Å². The van der Waals surface area contributed by atoms with Crippen LogP contribution in [0.25, 0.3) is 0 Å². The molecule has 0 aliphatic carbocycles. The summed E-state index contributed by atoms with van der Waals surface area (Å²) in [6.45, 7) is 4.50. The maximum absolute atomic E-state index is 5.25. The molecule has 1 N–H and O–H groups in total. The van der Waals surface area contributed by atoms with Gasteiger partial charge in [-0.15, -0.1) is 0 Å². The van der Waals surface area contributed by atoms with Crippen molar-refractivity contribution < 1.29 is 4.74 Å². The van der Waals surface area contributed by atoms with Crippen LogP contribution >= 0.6 is 0 Å². The standard InChI is InChI=1S/C13H18N4O/c1-3-14-9-12-15-7-8-17(12)10-11-5-4-6-16-13(11)18-2/h4-8,14H,3,9-10H2,1-2H3. The molecule has 0 spiro atoms. The zero-order valence-electron chi connectivity index (χ0n) is 10.8. The minimum Gasteiger partial charge on any atom is -0.481 e. The van der Waals surface area contributed by atoms with E-state index in [0.29, 0.717) is 5.88 Å². The molecule has 0 unspecified atom stereocenters. The number of rotatable bonds is 6. The molecule has 2 rings (SSSR count). The lowest BCUT2D eigenvalue weighted by Gasteiger charge is -2.10. The summed E-state index contributed by atoms with van der Waals surface area (Å²) in [6.07, 6.45) is 5.52. The Balaban J connectivity index is 2.15. The normalized spacial score (nSPS) is 10.6. The summed E-state index contributed by atoms with van der Waals surface area (Å²) in [5.74, 6) is 1.68. The molecule has 0 aromatic carbocycles. The maximum Gasteiger partial charge on any atom is 0.218 e. The summed E-state index contributed by atoms with van der Waals surface area (Å²) in [4.78, 5) is 8.54. The van der Waals surface area contributed by atoms with Crippen LogP contribution in [-0.2, 0) is 13.1 Å².